The minimum absolute atomic E-state index is 0.0391. The van der Waals surface area contributed by atoms with Crippen molar-refractivity contribution in [1.82, 2.24) is 15.2 Å². The first kappa shape index (κ1) is 18.3. The highest BCUT2D eigenvalue weighted by atomic mass is 19.4. The van der Waals surface area contributed by atoms with Gasteiger partial charge >= 0.3 is 12.2 Å². The first-order valence-electron chi connectivity index (χ1n) is 7.55. The standard InChI is InChI=1S/C15H20F3N3O3/c1-10-7-21(8-11(2)24-10)14(22)20-6-12-3-4-19-13(5-12)23-9-15(16,17)18/h3-5,10-11H,6-9H2,1-2H3,(H,20,22). The number of hydrogen-bond donors (Lipinski definition) is 1. The molecule has 2 unspecified atom stereocenters. The molecule has 2 heterocycles. The van der Waals surface area contributed by atoms with Gasteiger partial charge in [-0.2, -0.15) is 13.2 Å². The van der Waals surface area contributed by atoms with E-state index in [9.17, 15) is 18.0 Å². The van der Waals surface area contributed by atoms with E-state index in [0.717, 1.165) is 0 Å². The number of rotatable bonds is 4. The summed E-state index contributed by atoms with van der Waals surface area (Å²) >= 11 is 0. The van der Waals surface area contributed by atoms with Crippen molar-refractivity contribution in [1.29, 1.82) is 0 Å². The molecule has 2 amide bonds. The SMILES string of the molecule is CC1CN(C(=O)NCc2ccnc(OCC(F)(F)F)c2)CC(C)O1. The number of nitrogens with one attached hydrogen (secondary N) is 1. The Bertz CT molecular complexity index is 558. The van der Waals surface area contributed by atoms with Crippen LogP contribution in [0.2, 0.25) is 0 Å². The molecule has 134 valence electrons. The number of pyridine rings is 1. The van der Waals surface area contributed by atoms with Gasteiger partial charge < -0.3 is 19.7 Å². The molecule has 2 rings (SSSR count). The molecule has 0 aliphatic carbocycles. The fourth-order valence-corrected chi connectivity index (χ4v) is 2.43. The summed E-state index contributed by atoms with van der Waals surface area (Å²) in [6.07, 6.45) is -3.16. The first-order chi connectivity index (χ1) is 11.2. The van der Waals surface area contributed by atoms with E-state index in [1.807, 2.05) is 13.8 Å². The number of amides is 2. The number of nitrogens with zero attached hydrogens (tertiary/aromatic N) is 2. The molecular formula is C15H20F3N3O3. The van der Waals surface area contributed by atoms with Crippen molar-refractivity contribution in [3.05, 3.63) is 23.9 Å². The van der Waals surface area contributed by atoms with Crippen LogP contribution in [0.3, 0.4) is 0 Å². The number of ether oxygens (including phenoxy) is 2. The van der Waals surface area contributed by atoms with Crippen LogP contribution in [0.25, 0.3) is 0 Å². The van der Waals surface area contributed by atoms with Crippen molar-refractivity contribution < 1.29 is 27.4 Å². The lowest BCUT2D eigenvalue weighted by molar-refractivity contribution is -0.154. The van der Waals surface area contributed by atoms with Gasteiger partial charge in [0.25, 0.3) is 0 Å². The van der Waals surface area contributed by atoms with Gasteiger partial charge in [-0.1, -0.05) is 0 Å². The van der Waals surface area contributed by atoms with Gasteiger partial charge in [0.15, 0.2) is 6.61 Å². The van der Waals surface area contributed by atoms with Crippen LogP contribution in [0.5, 0.6) is 5.88 Å². The monoisotopic (exact) mass is 347 g/mol. The number of morpholine rings is 1. The number of hydrogen-bond acceptors (Lipinski definition) is 4. The summed E-state index contributed by atoms with van der Waals surface area (Å²) in [5.74, 6) is -0.132. The van der Waals surface area contributed by atoms with Crippen LogP contribution in [0.1, 0.15) is 19.4 Å². The van der Waals surface area contributed by atoms with Crippen LogP contribution < -0.4 is 10.1 Å². The van der Waals surface area contributed by atoms with E-state index in [1.54, 1.807) is 11.0 Å². The molecule has 1 aromatic rings. The Balaban J connectivity index is 1.86. The topological polar surface area (TPSA) is 63.7 Å². The fraction of sp³-hybridized carbons (Fsp3) is 0.600. The van der Waals surface area contributed by atoms with Gasteiger partial charge in [-0.25, -0.2) is 9.78 Å². The van der Waals surface area contributed by atoms with Gasteiger partial charge in [0.05, 0.1) is 12.2 Å². The molecule has 1 aromatic heterocycles. The van der Waals surface area contributed by atoms with Gasteiger partial charge in [0.1, 0.15) is 0 Å². The molecule has 24 heavy (non-hydrogen) atoms. The summed E-state index contributed by atoms with van der Waals surface area (Å²) < 4.78 is 46.6. The number of urea groups is 1. The second kappa shape index (κ2) is 7.69. The molecule has 0 aromatic carbocycles. The predicted molar refractivity (Wildman–Crippen MR) is 79.6 cm³/mol. The third kappa shape index (κ3) is 5.88. The number of carbonyl (C=O) groups is 1. The number of carbonyl (C=O) groups excluding carboxylic acids is 1. The summed E-state index contributed by atoms with van der Waals surface area (Å²) in [5, 5.41) is 2.74. The highest BCUT2D eigenvalue weighted by Crippen LogP contribution is 2.17. The summed E-state index contributed by atoms with van der Waals surface area (Å²) in [5.41, 5.74) is 0.602. The highest BCUT2D eigenvalue weighted by Gasteiger charge is 2.29. The molecule has 1 fully saturated rings. The lowest BCUT2D eigenvalue weighted by Crippen LogP contribution is -2.51. The maximum Gasteiger partial charge on any atom is 0.422 e. The van der Waals surface area contributed by atoms with E-state index in [-0.39, 0.29) is 30.7 Å². The van der Waals surface area contributed by atoms with Crippen molar-refractivity contribution in [2.45, 2.75) is 38.8 Å². The Labute approximate surface area is 137 Å². The van der Waals surface area contributed by atoms with Crippen LogP contribution in [-0.4, -0.2) is 54.0 Å². The number of alkyl halides is 3. The molecule has 9 heteroatoms. The molecule has 1 aliphatic rings. The van der Waals surface area contributed by atoms with Crippen molar-refractivity contribution in [2.75, 3.05) is 19.7 Å². The lowest BCUT2D eigenvalue weighted by Gasteiger charge is -2.35. The van der Waals surface area contributed by atoms with Crippen molar-refractivity contribution in [3.8, 4) is 5.88 Å². The second-order valence-corrected chi connectivity index (χ2v) is 5.73. The zero-order valence-corrected chi connectivity index (χ0v) is 13.5. The minimum atomic E-state index is -4.42. The third-order valence-electron chi connectivity index (χ3n) is 3.33. The molecule has 1 saturated heterocycles. The number of aromatic nitrogens is 1. The van der Waals surface area contributed by atoms with Crippen LogP contribution in [0.4, 0.5) is 18.0 Å². The van der Waals surface area contributed by atoms with Crippen LogP contribution >= 0.6 is 0 Å². The average molecular weight is 347 g/mol. The van der Waals surface area contributed by atoms with Gasteiger partial charge in [0, 0.05) is 31.9 Å². The van der Waals surface area contributed by atoms with E-state index < -0.39 is 12.8 Å². The molecule has 1 aliphatic heterocycles. The van der Waals surface area contributed by atoms with Crippen LogP contribution in [0, 0.1) is 0 Å². The Kier molecular flexibility index (Phi) is 5.87. The molecule has 0 radical (unpaired) electrons. The Hall–Kier alpha value is -2.03. The second-order valence-electron chi connectivity index (χ2n) is 5.73. The third-order valence-corrected chi connectivity index (χ3v) is 3.33. The Morgan fingerprint density at radius 3 is 2.71 bits per heavy atom. The van der Waals surface area contributed by atoms with Crippen molar-refractivity contribution >= 4 is 6.03 Å². The summed E-state index contributed by atoms with van der Waals surface area (Å²) in [4.78, 5) is 17.5. The van der Waals surface area contributed by atoms with Gasteiger partial charge in [0.2, 0.25) is 5.88 Å². The molecule has 0 spiro atoms. The molecule has 1 N–H and O–H groups in total. The molecule has 0 bridgehead atoms. The maximum absolute atomic E-state index is 12.2. The van der Waals surface area contributed by atoms with Gasteiger partial charge in [-0.15, -0.1) is 0 Å². The zero-order chi connectivity index (χ0) is 17.7. The molecule has 0 saturated carbocycles. The molecular weight excluding hydrogens is 327 g/mol. The van der Waals surface area contributed by atoms with E-state index in [1.165, 1.54) is 12.3 Å². The Morgan fingerprint density at radius 2 is 2.08 bits per heavy atom. The smallest absolute Gasteiger partial charge is 0.422 e. The first-order valence-corrected chi connectivity index (χ1v) is 7.55. The fourth-order valence-electron chi connectivity index (χ4n) is 2.43. The average Bonchev–Trinajstić information content (AvgIpc) is 2.49. The summed E-state index contributed by atoms with van der Waals surface area (Å²) in [7, 11) is 0. The Morgan fingerprint density at radius 1 is 1.42 bits per heavy atom. The van der Waals surface area contributed by atoms with E-state index in [2.05, 4.69) is 15.0 Å². The summed E-state index contributed by atoms with van der Waals surface area (Å²) in [6, 6.07) is 2.73. The molecule has 2 atom stereocenters. The zero-order valence-electron chi connectivity index (χ0n) is 13.5. The minimum Gasteiger partial charge on any atom is -0.468 e. The van der Waals surface area contributed by atoms with Gasteiger partial charge in [-0.05, 0) is 25.5 Å². The normalized spacial score (nSPS) is 21.5. The van der Waals surface area contributed by atoms with E-state index in [4.69, 9.17) is 4.74 Å². The van der Waals surface area contributed by atoms with E-state index in [0.29, 0.717) is 18.7 Å². The quantitative estimate of drug-likeness (QED) is 0.908. The van der Waals surface area contributed by atoms with E-state index >= 15 is 0 Å². The number of halogens is 3. The highest BCUT2D eigenvalue weighted by molar-refractivity contribution is 5.74. The van der Waals surface area contributed by atoms with Crippen molar-refractivity contribution in [3.63, 3.8) is 0 Å². The predicted octanol–water partition coefficient (Wildman–Crippen LogP) is 2.34. The lowest BCUT2D eigenvalue weighted by atomic mass is 10.2. The van der Waals surface area contributed by atoms with Crippen LogP contribution in [-0.2, 0) is 11.3 Å². The van der Waals surface area contributed by atoms with Gasteiger partial charge in [-0.3, -0.25) is 0 Å². The van der Waals surface area contributed by atoms with Crippen molar-refractivity contribution in [2.24, 2.45) is 0 Å². The van der Waals surface area contributed by atoms with Crippen LogP contribution in [0.15, 0.2) is 18.3 Å². The molecule has 6 nitrogen and oxygen atoms in total. The summed E-state index contributed by atoms with van der Waals surface area (Å²) in [6.45, 7) is 3.54. The largest absolute Gasteiger partial charge is 0.468 e. The maximum atomic E-state index is 12.2.